The van der Waals surface area contributed by atoms with E-state index in [-0.39, 0.29) is 5.78 Å². The molecule has 1 aromatic heterocycles. The highest BCUT2D eigenvalue weighted by Gasteiger charge is 2.04. The molecule has 0 unspecified atom stereocenters. The van der Waals surface area contributed by atoms with E-state index in [0.717, 1.165) is 14.9 Å². The fraction of sp³-hybridized carbons (Fsp3) is 0.143. The van der Waals surface area contributed by atoms with Gasteiger partial charge in [-0.15, -0.1) is 11.8 Å². The molecule has 0 N–H and O–H groups in total. The summed E-state index contributed by atoms with van der Waals surface area (Å²) in [7, 11) is 0. The van der Waals surface area contributed by atoms with Crippen LogP contribution in [0.2, 0.25) is 0 Å². The first-order chi connectivity index (χ1) is 8.74. The SMILES string of the molecule is O=C(CSc1ccc(Br)cc1)Cc1ccncc1. The van der Waals surface area contributed by atoms with Crippen LogP contribution in [0.3, 0.4) is 0 Å². The van der Waals surface area contributed by atoms with Gasteiger partial charge in [-0.2, -0.15) is 0 Å². The number of carbonyl (C=O) groups is 1. The third-order valence-electron chi connectivity index (χ3n) is 2.36. The van der Waals surface area contributed by atoms with Crippen LogP contribution in [-0.4, -0.2) is 16.5 Å². The summed E-state index contributed by atoms with van der Waals surface area (Å²) < 4.78 is 1.05. The van der Waals surface area contributed by atoms with Gasteiger partial charge in [-0.05, 0) is 42.0 Å². The van der Waals surface area contributed by atoms with Crippen molar-refractivity contribution in [2.45, 2.75) is 11.3 Å². The first-order valence-electron chi connectivity index (χ1n) is 5.53. The fourth-order valence-electron chi connectivity index (χ4n) is 1.47. The van der Waals surface area contributed by atoms with Crippen LogP contribution in [0.25, 0.3) is 0 Å². The Labute approximate surface area is 119 Å². The number of Topliss-reactive ketones (excluding diaryl/α,β-unsaturated/α-hetero) is 1. The van der Waals surface area contributed by atoms with Crippen molar-refractivity contribution in [3.63, 3.8) is 0 Å². The van der Waals surface area contributed by atoms with Gasteiger partial charge < -0.3 is 0 Å². The van der Waals surface area contributed by atoms with E-state index in [0.29, 0.717) is 12.2 Å². The number of nitrogens with zero attached hydrogens (tertiary/aromatic N) is 1. The summed E-state index contributed by atoms with van der Waals surface area (Å²) in [5.74, 6) is 0.735. The minimum atomic E-state index is 0.231. The predicted molar refractivity (Wildman–Crippen MR) is 77.8 cm³/mol. The molecule has 1 heterocycles. The molecule has 92 valence electrons. The van der Waals surface area contributed by atoms with E-state index in [1.54, 1.807) is 24.2 Å². The van der Waals surface area contributed by atoms with Gasteiger partial charge in [0.05, 0.1) is 5.75 Å². The molecule has 2 rings (SSSR count). The molecule has 0 amide bonds. The molecule has 0 saturated heterocycles. The standard InChI is InChI=1S/C14H12BrNOS/c15-12-1-3-14(4-2-12)18-10-13(17)9-11-5-7-16-8-6-11/h1-8H,9-10H2. The Morgan fingerprint density at radius 3 is 2.44 bits per heavy atom. The van der Waals surface area contributed by atoms with Crippen LogP contribution in [0, 0.1) is 0 Å². The number of carbonyl (C=O) groups excluding carboxylic acids is 1. The highest BCUT2D eigenvalue weighted by molar-refractivity contribution is 9.10. The van der Waals surface area contributed by atoms with Gasteiger partial charge in [-0.1, -0.05) is 15.9 Å². The second-order valence-electron chi connectivity index (χ2n) is 3.81. The number of thioether (sulfide) groups is 1. The maximum absolute atomic E-state index is 11.8. The van der Waals surface area contributed by atoms with Crippen LogP contribution in [0.4, 0.5) is 0 Å². The number of ketones is 1. The summed E-state index contributed by atoms with van der Waals surface area (Å²) in [5, 5.41) is 0. The molecule has 4 heteroatoms. The Balaban J connectivity index is 1.83. The van der Waals surface area contributed by atoms with Crippen LogP contribution >= 0.6 is 27.7 Å². The summed E-state index contributed by atoms with van der Waals surface area (Å²) in [6, 6.07) is 11.7. The van der Waals surface area contributed by atoms with Gasteiger partial charge in [0.1, 0.15) is 5.78 Å². The summed E-state index contributed by atoms with van der Waals surface area (Å²) in [5.41, 5.74) is 1.02. The number of pyridine rings is 1. The largest absolute Gasteiger partial charge is 0.298 e. The molecular formula is C14H12BrNOS. The summed E-state index contributed by atoms with van der Waals surface area (Å²) in [6.45, 7) is 0. The Morgan fingerprint density at radius 2 is 1.78 bits per heavy atom. The molecule has 0 aliphatic heterocycles. The van der Waals surface area contributed by atoms with Crippen LogP contribution in [0.1, 0.15) is 5.56 Å². The molecular weight excluding hydrogens is 310 g/mol. The predicted octanol–water partition coefficient (Wildman–Crippen LogP) is 3.75. The number of benzene rings is 1. The van der Waals surface area contributed by atoms with Crippen molar-refractivity contribution in [3.8, 4) is 0 Å². The first kappa shape index (κ1) is 13.3. The molecule has 0 aliphatic rings. The number of hydrogen-bond acceptors (Lipinski definition) is 3. The average molecular weight is 322 g/mol. The molecule has 18 heavy (non-hydrogen) atoms. The van der Waals surface area contributed by atoms with Crippen molar-refractivity contribution in [2.24, 2.45) is 0 Å². The number of hydrogen-bond donors (Lipinski definition) is 0. The Bertz CT molecular complexity index is 513. The van der Waals surface area contributed by atoms with E-state index in [2.05, 4.69) is 20.9 Å². The van der Waals surface area contributed by atoms with Crippen molar-refractivity contribution in [3.05, 3.63) is 58.8 Å². The zero-order chi connectivity index (χ0) is 12.8. The lowest BCUT2D eigenvalue weighted by atomic mass is 10.1. The van der Waals surface area contributed by atoms with Crippen LogP contribution < -0.4 is 0 Å². The molecule has 2 aromatic rings. The Kier molecular flexibility index (Phi) is 4.96. The molecule has 0 radical (unpaired) electrons. The lowest BCUT2D eigenvalue weighted by molar-refractivity contribution is -0.116. The summed E-state index contributed by atoms with van der Waals surface area (Å²) in [4.78, 5) is 16.8. The van der Waals surface area contributed by atoms with Gasteiger partial charge in [0.15, 0.2) is 0 Å². The van der Waals surface area contributed by atoms with Crippen molar-refractivity contribution < 1.29 is 4.79 Å². The van der Waals surface area contributed by atoms with Crippen LogP contribution in [0.5, 0.6) is 0 Å². The van der Waals surface area contributed by atoms with Gasteiger partial charge in [0.25, 0.3) is 0 Å². The van der Waals surface area contributed by atoms with E-state index in [1.807, 2.05) is 36.4 Å². The lowest BCUT2D eigenvalue weighted by Gasteiger charge is -2.02. The first-order valence-corrected chi connectivity index (χ1v) is 7.31. The molecule has 0 aliphatic carbocycles. The molecule has 0 fully saturated rings. The zero-order valence-corrected chi connectivity index (χ0v) is 12.1. The van der Waals surface area contributed by atoms with Gasteiger partial charge in [0.2, 0.25) is 0 Å². The zero-order valence-electron chi connectivity index (χ0n) is 9.67. The van der Waals surface area contributed by atoms with Crippen molar-refractivity contribution >= 4 is 33.5 Å². The minimum Gasteiger partial charge on any atom is -0.298 e. The summed E-state index contributed by atoms with van der Waals surface area (Å²) in [6.07, 6.45) is 3.90. The van der Waals surface area contributed by atoms with E-state index in [9.17, 15) is 4.79 Å². The normalized spacial score (nSPS) is 10.3. The highest BCUT2D eigenvalue weighted by atomic mass is 79.9. The Hall–Kier alpha value is -1.13. The number of rotatable bonds is 5. The summed E-state index contributed by atoms with van der Waals surface area (Å²) >= 11 is 4.96. The number of halogens is 1. The maximum atomic E-state index is 11.8. The molecule has 1 aromatic carbocycles. The van der Waals surface area contributed by atoms with Crippen molar-refractivity contribution in [2.75, 3.05) is 5.75 Å². The monoisotopic (exact) mass is 321 g/mol. The van der Waals surface area contributed by atoms with Crippen LogP contribution in [0.15, 0.2) is 58.2 Å². The minimum absolute atomic E-state index is 0.231. The fourth-order valence-corrected chi connectivity index (χ4v) is 2.50. The van der Waals surface area contributed by atoms with E-state index < -0.39 is 0 Å². The third kappa shape index (κ3) is 4.27. The second kappa shape index (κ2) is 6.71. The highest BCUT2D eigenvalue weighted by Crippen LogP contribution is 2.20. The van der Waals surface area contributed by atoms with Gasteiger partial charge in [-0.3, -0.25) is 9.78 Å². The third-order valence-corrected chi connectivity index (χ3v) is 3.96. The molecule has 0 spiro atoms. The maximum Gasteiger partial charge on any atom is 0.147 e. The van der Waals surface area contributed by atoms with Crippen molar-refractivity contribution in [1.29, 1.82) is 0 Å². The van der Waals surface area contributed by atoms with E-state index in [1.165, 1.54) is 0 Å². The smallest absolute Gasteiger partial charge is 0.147 e. The lowest BCUT2D eigenvalue weighted by Crippen LogP contribution is -2.05. The van der Waals surface area contributed by atoms with Gasteiger partial charge in [0, 0.05) is 28.2 Å². The molecule has 0 bridgehead atoms. The van der Waals surface area contributed by atoms with Gasteiger partial charge in [-0.25, -0.2) is 0 Å². The Morgan fingerprint density at radius 1 is 1.11 bits per heavy atom. The topological polar surface area (TPSA) is 30.0 Å². The average Bonchev–Trinajstić information content (AvgIpc) is 2.39. The molecule has 2 nitrogen and oxygen atoms in total. The molecule has 0 atom stereocenters. The van der Waals surface area contributed by atoms with Gasteiger partial charge >= 0.3 is 0 Å². The molecule has 0 saturated carbocycles. The quantitative estimate of drug-likeness (QED) is 0.786. The second-order valence-corrected chi connectivity index (χ2v) is 5.78. The van der Waals surface area contributed by atoms with Crippen molar-refractivity contribution in [1.82, 2.24) is 4.98 Å². The van der Waals surface area contributed by atoms with Crippen LogP contribution in [-0.2, 0) is 11.2 Å². The van der Waals surface area contributed by atoms with E-state index >= 15 is 0 Å². The van der Waals surface area contributed by atoms with E-state index in [4.69, 9.17) is 0 Å². The number of aromatic nitrogens is 1.